The number of rotatable bonds is 4. The fraction of sp³-hybridized carbons (Fsp3) is 0.562. The van der Waals surface area contributed by atoms with Crippen LogP contribution in [0.2, 0.25) is 0 Å². The van der Waals surface area contributed by atoms with Crippen LogP contribution in [0.3, 0.4) is 0 Å². The molecule has 1 aliphatic rings. The van der Waals surface area contributed by atoms with Gasteiger partial charge in [0.1, 0.15) is 0 Å². The summed E-state index contributed by atoms with van der Waals surface area (Å²) in [5.41, 5.74) is 0.418. The number of aliphatic hydroxyl groups is 1. The Balaban J connectivity index is 1.90. The monoisotopic (exact) mass is 293 g/mol. The number of carbonyl (C=O) groups is 1. The number of carbonyl (C=O) groups excluding carboxylic acids is 1. The second-order valence-electron chi connectivity index (χ2n) is 5.82. The summed E-state index contributed by atoms with van der Waals surface area (Å²) in [6, 6.07) is 5.60. The molecule has 21 heavy (non-hydrogen) atoms. The number of amides is 1. The van der Waals surface area contributed by atoms with Crippen LogP contribution in [0.1, 0.15) is 25.3 Å². The highest BCUT2D eigenvalue weighted by Gasteiger charge is 2.29. The van der Waals surface area contributed by atoms with Crippen LogP contribution in [0.15, 0.2) is 18.2 Å². The lowest BCUT2D eigenvalue weighted by Gasteiger charge is -2.35. The van der Waals surface area contributed by atoms with E-state index in [4.69, 9.17) is 9.47 Å². The minimum Gasteiger partial charge on any atom is -0.493 e. The van der Waals surface area contributed by atoms with Gasteiger partial charge in [-0.05, 0) is 44.4 Å². The van der Waals surface area contributed by atoms with Gasteiger partial charge in [0.15, 0.2) is 18.1 Å². The minimum absolute atomic E-state index is 0.0123. The van der Waals surface area contributed by atoms with Gasteiger partial charge >= 0.3 is 0 Å². The molecule has 0 saturated carbocycles. The van der Waals surface area contributed by atoms with Crippen molar-refractivity contribution in [3.8, 4) is 11.5 Å². The van der Waals surface area contributed by atoms with Gasteiger partial charge in [0, 0.05) is 13.1 Å². The molecule has 0 bridgehead atoms. The highest BCUT2D eigenvalue weighted by atomic mass is 16.5. The van der Waals surface area contributed by atoms with Gasteiger partial charge in [0.25, 0.3) is 5.91 Å². The number of methoxy groups -OCH3 is 1. The SMILES string of the molecule is COc1cc(C)ccc1OCC(=O)N1CCC(C)(O)CC1. The molecule has 0 radical (unpaired) electrons. The zero-order valence-corrected chi connectivity index (χ0v) is 12.9. The summed E-state index contributed by atoms with van der Waals surface area (Å²) in [6.45, 7) is 4.90. The van der Waals surface area contributed by atoms with Crippen LogP contribution in [0.4, 0.5) is 0 Å². The van der Waals surface area contributed by atoms with E-state index < -0.39 is 5.60 Å². The molecular formula is C16H23NO4. The topological polar surface area (TPSA) is 59.0 Å². The Bertz CT molecular complexity index is 503. The number of piperidine rings is 1. The van der Waals surface area contributed by atoms with Gasteiger partial charge in [0.05, 0.1) is 12.7 Å². The van der Waals surface area contributed by atoms with Crippen LogP contribution in [-0.4, -0.2) is 48.3 Å². The molecule has 1 aromatic carbocycles. The second kappa shape index (κ2) is 6.35. The standard InChI is InChI=1S/C16H23NO4/c1-12-4-5-13(14(10-12)20-3)21-11-15(18)17-8-6-16(2,19)7-9-17/h4-5,10,19H,6-9,11H2,1-3H3. The fourth-order valence-electron chi connectivity index (χ4n) is 2.36. The van der Waals surface area contributed by atoms with Gasteiger partial charge in [-0.25, -0.2) is 0 Å². The molecule has 1 N–H and O–H groups in total. The highest BCUT2D eigenvalue weighted by molar-refractivity contribution is 5.78. The van der Waals surface area contributed by atoms with Crippen molar-refractivity contribution in [2.45, 2.75) is 32.3 Å². The van der Waals surface area contributed by atoms with E-state index in [0.29, 0.717) is 37.4 Å². The van der Waals surface area contributed by atoms with E-state index in [1.165, 1.54) is 0 Å². The van der Waals surface area contributed by atoms with E-state index in [2.05, 4.69) is 0 Å². The van der Waals surface area contributed by atoms with Crippen LogP contribution >= 0.6 is 0 Å². The zero-order valence-electron chi connectivity index (χ0n) is 12.9. The van der Waals surface area contributed by atoms with Crippen molar-refractivity contribution >= 4 is 5.91 Å². The number of likely N-dealkylation sites (tertiary alicyclic amines) is 1. The molecule has 1 heterocycles. The van der Waals surface area contributed by atoms with Crippen molar-refractivity contribution in [2.75, 3.05) is 26.8 Å². The average molecular weight is 293 g/mol. The van der Waals surface area contributed by atoms with E-state index in [1.54, 1.807) is 12.0 Å². The first-order valence-electron chi connectivity index (χ1n) is 7.19. The van der Waals surface area contributed by atoms with Gasteiger partial charge in [-0.2, -0.15) is 0 Å². The maximum Gasteiger partial charge on any atom is 0.260 e. The van der Waals surface area contributed by atoms with Crippen LogP contribution in [0, 0.1) is 6.92 Å². The largest absolute Gasteiger partial charge is 0.493 e. The summed E-state index contributed by atoms with van der Waals surface area (Å²) in [6.07, 6.45) is 1.21. The number of hydrogen-bond donors (Lipinski definition) is 1. The molecule has 116 valence electrons. The molecule has 1 saturated heterocycles. The van der Waals surface area contributed by atoms with Crippen molar-refractivity contribution in [2.24, 2.45) is 0 Å². The Labute approximate surface area is 125 Å². The minimum atomic E-state index is -0.655. The molecule has 1 aromatic rings. The van der Waals surface area contributed by atoms with Crippen molar-refractivity contribution in [1.82, 2.24) is 4.90 Å². The third-order valence-electron chi connectivity index (χ3n) is 3.86. The lowest BCUT2D eigenvalue weighted by atomic mass is 9.94. The summed E-state index contributed by atoms with van der Waals surface area (Å²) in [4.78, 5) is 13.9. The maximum absolute atomic E-state index is 12.1. The van der Waals surface area contributed by atoms with Crippen molar-refractivity contribution in [3.63, 3.8) is 0 Å². The predicted octanol–water partition coefficient (Wildman–Crippen LogP) is 1.76. The molecular weight excluding hydrogens is 270 g/mol. The Kier molecular flexibility index (Phi) is 4.73. The van der Waals surface area contributed by atoms with Crippen LogP contribution < -0.4 is 9.47 Å². The van der Waals surface area contributed by atoms with Crippen molar-refractivity contribution in [3.05, 3.63) is 23.8 Å². The predicted molar refractivity (Wildman–Crippen MR) is 79.7 cm³/mol. The van der Waals surface area contributed by atoms with E-state index >= 15 is 0 Å². The van der Waals surface area contributed by atoms with Crippen LogP contribution in [-0.2, 0) is 4.79 Å². The van der Waals surface area contributed by atoms with Crippen LogP contribution in [0.25, 0.3) is 0 Å². The van der Waals surface area contributed by atoms with E-state index in [9.17, 15) is 9.90 Å². The zero-order chi connectivity index (χ0) is 15.5. The van der Waals surface area contributed by atoms with E-state index in [0.717, 1.165) is 5.56 Å². The maximum atomic E-state index is 12.1. The van der Waals surface area contributed by atoms with E-state index in [-0.39, 0.29) is 12.5 Å². The lowest BCUT2D eigenvalue weighted by Crippen LogP contribution is -2.46. The first-order chi connectivity index (χ1) is 9.91. The van der Waals surface area contributed by atoms with Gasteiger partial charge < -0.3 is 19.5 Å². The third kappa shape index (κ3) is 4.11. The Morgan fingerprint density at radius 1 is 1.33 bits per heavy atom. The molecule has 0 atom stereocenters. The molecule has 1 aliphatic heterocycles. The lowest BCUT2D eigenvalue weighted by molar-refractivity contribution is -0.137. The molecule has 2 rings (SSSR count). The van der Waals surface area contributed by atoms with Gasteiger partial charge in [0.2, 0.25) is 0 Å². The van der Waals surface area contributed by atoms with Crippen LogP contribution in [0.5, 0.6) is 11.5 Å². The Morgan fingerprint density at radius 3 is 2.62 bits per heavy atom. The summed E-state index contributed by atoms with van der Waals surface area (Å²) in [5, 5.41) is 9.89. The molecule has 0 aromatic heterocycles. The number of ether oxygens (including phenoxy) is 2. The summed E-state index contributed by atoms with van der Waals surface area (Å²) in [5.74, 6) is 1.14. The third-order valence-corrected chi connectivity index (χ3v) is 3.86. The fourth-order valence-corrected chi connectivity index (χ4v) is 2.36. The average Bonchev–Trinajstić information content (AvgIpc) is 2.45. The summed E-state index contributed by atoms with van der Waals surface area (Å²) >= 11 is 0. The van der Waals surface area contributed by atoms with E-state index in [1.807, 2.05) is 32.0 Å². The normalized spacial score (nSPS) is 17.4. The first kappa shape index (κ1) is 15.6. The summed E-state index contributed by atoms with van der Waals surface area (Å²) < 4.78 is 10.8. The Hall–Kier alpha value is -1.75. The highest BCUT2D eigenvalue weighted by Crippen LogP contribution is 2.28. The number of hydrogen-bond acceptors (Lipinski definition) is 4. The Morgan fingerprint density at radius 2 is 2.00 bits per heavy atom. The molecule has 0 spiro atoms. The molecule has 1 amide bonds. The quantitative estimate of drug-likeness (QED) is 0.919. The van der Waals surface area contributed by atoms with Gasteiger partial charge in [-0.1, -0.05) is 6.07 Å². The molecule has 5 heteroatoms. The van der Waals surface area contributed by atoms with Crippen molar-refractivity contribution in [1.29, 1.82) is 0 Å². The second-order valence-corrected chi connectivity index (χ2v) is 5.82. The van der Waals surface area contributed by atoms with Gasteiger partial charge in [-0.15, -0.1) is 0 Å². The number of nitrogens with zero attached hydrogens (tertiary/aromatic N) is 1. The molecule has 1 fully saturated rings. The molecule has 0 unspecified atom stereocenters. The van der Waals surface area contributed by atoms with Gasteiger partial charge in [-0.3, -0.25) is 4.79 Å². The first-order valence-corrected chi connectivity index (χ1v) is 7.19. The smallest absolute Gasteiger partial charge is 0.260 e. The molecule has 0 aliphatic carbocycles. The van der Waals surface area contributed by atoms with Crippen molar-refractivity contribution < 1.29 is 19.4 Å². The number of aryl methyl sites for hydroxylation is 1. The number of benzene rings is 1. The summed E-state index contributed by atoms with van der Waals surface area (Å²) in [7, 11) is 1.58. The molecule has 5 nitrogen and oxygen atoms in total.